The Balaban J connectivity index is 2.25. The molecular weight excluding hydrogens is 263 g/mol. The maximum Gasteiger partial charge on any atom is 0.416 e. The van der Waals surface area contributed by atoms with Crippen LogP contribution < -0.4 is 0 Å². The smallest absolute Gasteiger partial charge is 0.416 e. The van der Waals surface area contributed by atoms with Crippen LogP contribution in [-0.2, 0) is 6.18 Å². The topological polar surface area (TPSA) is 70.4 Å². The Morgan fingerprint density at radius 2 is 2.11 bits per heavy atom. The Morgan fingerprint density at radius 1 is 1.37 bits per heavy atom. The number of fused-ring (bicyclic) bond motifs is 3. The number of hydrogen-bond donors (Lipinski definition) is 2. The van der Waals surface area contributed by atoms with E-state index in [4.69, 9.17) is 5.11 Å². The molecule has 0 atom stereocenters. The summed E-state index contributed by atoms with van der Waals surface area (Å²) in [4.78, 5) is 17.2. The van der Waals surface area contributed by atoms with Gasteiger partial charge in [-0.2, -0.15) is 13.2 Å². The third kappa shape index (κ3) is 1.72. The Bertz CT molecular complexity index is 801. The lowest BCUT2D eigenvalue weighted by Crippen LogP contribution is -2.04. The highest BCUT2D eigenvalue weighted by molar-refractivity contribution is 5.88. The van der Waals surface area contributed by atoms with Crippen molar-refractivity contribution < 1.29 is 23.1 Å². The van der Waals surface area contributed by atoms with Crippen molar-refractivity contribution in [2.24, 2.45) is 0 Å². The average Bonchev–Trinajstić information content (AvgIpc) is 2.83. The molecule has 3 aromatic rings. The Morgan fingerprint density at radius 3 is 2.74 bits per heavy atom. The summed E-state index contributed by atoms with van der Waals surface area (Å²) in [6, 6.07) is 3.12. The molecule has 0 saturated heterocycles. The lowest BCUT2D eigenvalue weighted by atomic mass is 10.2. The fraction of sp³-hybridized carbons (Fsp3) is 0.0909. The normalized spacial score (nSPS) is 12.4. The number of H-pyrrole nitrogens is 1. The van der Waals surface area contributed by atoms with E-state index in [1.165, 1.54) is 16.7 Å². The van der Waals surface area contributed by atoms with Crippen molar-refractivity contribution in [3.8, 4) is 0 Å². The molecule has 2 aromatic heterocycles. The number of hydrogen-bond acceptors (Lipinski definition) is 2. The van der Waals surface area contributed by atoms with E-state index in [2.05, 4.69) is 9.97 Å². The number of halogens is 3. The molecule has 0 spiro atoms. The van der Waals surface area contributed by atoms with Gasteiger partial charge in [-0.05, 0) is 18.2 Å². The van der Waals surface area contributed by atoms with E-state index in [-0.39, 0.29) is 17.0 Å². The number of rotatable bonds is 1. The number of imidazole rings is 2. The summed E-state index contributed by atoms with van der Waals surface area (Å²) in [5.74, 6) is -0.975. The van der Waals surface area contributed by atoms with Gasteiger partial charge in [0.05, 0.1) is 16.6 Å². The first kappa shape index (κ1) is 11.6. The van der Waals surface area contributed by atoms with E-state index in [1.54, 1.807) is 0 Å². The van der Waals surface area contributed by atoms with Crippen LogP contribution in [0.25, 0.3) is 16.8 Å². The van der Waals surface area contributed by atoms with Crippen molar-refractivity contribution in [2.45, 2.75) is 6.18 Å². The number of nitrogens with one attached hydrogen (secondary N) is 1. The summed E-state index contributed by atoms with van der Waals surface area (Å²) in [6.07, 6.45) is -3.15. The largest absolute Gasteiger partial charge is 0.477 e. The number of carbonyl (C=O) groups is 1. The van der Waals surface area contributed by atoms with E-state index < -0.39 is 17.7 Å². The molecule has 98 valence electrons. The predicted octanol–water partition coefficient (Wildman–Crippen LogP) is 2.53. The van der Waals surface area contributed by atoms with E-state index in [1.807, 2.05) is 0 Å². The van der Waals surface area contributed by atoms with E-state index in [0.29, 0.717) is 5.52 Å². The number of aromatic nitrogens is 3. The zero-order valence-corrected chi connectivity index (χ0v) is 9.19. The average molecular weight is 269 g/mol. The first-order valence-electron chi connectivity index (χ1n) is 5.17. The van der Waals surface area contributed by atoms with Crippen molar-refractivity contribution in [1.82, 2.24) is 14.4 Å². The van der Waals surface area contributed by atoms with Crippen LogP contribution >= 0.6 is 0 Å². The van der Waals surface area contributed by atoms with Crippen molar-refractivity contribution >= 4 is 22.8 Å². The third-order valence-corrected chi connectivity index (χ3v) is 2.75. The van der Waals surface area contributed by atoms with Crippen molar-refractivity contribution in [3.63, 3.8) is 0 Å². The first-order chi connectivity index (χ1) is 8.86. The molecule has 0 amide bonds. The first-order valence-corrected chi connectivity index (χ1v) is 5.17. The number of aromatic amines is 1. The van der Waals surface area contributed by atoms with Crippen LogP contribution in [-0.4, -0.2) is 25.4 Å². The number of carboxylic acid groups (broad SMARTS) is 1. The molecular formula is C11H6F3N3O2. The second-order valence-corrected chi connectivity index (χ2v) is 3.98. The van der Waals surface area contributed by atoms with Gasteiger partial charge in [-0.3, -0.25) is 4.40 Å². The van der Waals surface area contributed by atoms with Crippen LogP contribution in [0.1, 0.15) is 16.1 Å². The molecule has 0 radical (unpaired) electrons. The summed E-state index contributed by atoms with van der Waals surface area (Å²) >= 11 is 0. The van der Waals surface area contributed by atoms with Gasteiger partial charge in [0.25, 0.3) is 0 Å². The number of alkyl halides is 3. The minimum absolute atomic E-state index is 0.0794. The van der Waals surface area contributed by atoms with Gasteiger partial charge in [-0.1, -0.05) is 0 Å². The number of benzene rings is 1. The van der Waals surface area contributed by atoms with Gasteiger partial charge in [0.1, 0.15) is 5.69 Å². The molecule has 2 heterocycles. The van der Waals surface area contributed by atoms with Gasteiger partial charge in [-0.15, -0.1) is 0 Å². The van der Waals surface area contributed by atoms with Crippen molar-refractivity contribution in [1.29, 1.82) is 0 Å². The minimum Gasteiger partial charge on any atom is -0.477 e. The van der Waals surface area contributed by atoms with Crippen LogP contribution in [0.15, 0.2) is 24.4 Å². The summed E-state index contributed by atoms with van der Waals surface area (Å²) in [5, 5.41) is 8.81. The number of carboxylic acids is 1. The zero-order valence-electron chi connectivity index (χ0n) is 9.19. The van der Waals surface area contributed by atoms with E-state index >= 15 is 0 Å². The van der Waals surface area contributed by atoms with Gasteiger partial charge < -0.3 is 10.1 Å². The molecule has 0 unspecified atom stereocenters. The van der Waals surface area contributed by atoms with Crippen molar-refractivity contribution in [3.05, 3.63) is 35.7 Å². The number of aromatic carboxylic acids is 1. The van der Waals surface area contributed by atoms with Gasteiger partial charge in [0.15, 0.2) is 0 Å². The molecule has 0 fully saturated rings. The van der Waals surface area contributed by atoms with Crippen molar-refractivity contribution in [2.75, 3.05) is 0 Å². The van der Waals surface area contributed by atoms with Crippen LogP contribution in [0.4, 0.5) is 13.2 Å². The molecule has 5 nitrogen and oxygen atoms in total. The van der Waals surface area contributed by atoms with Crippen LogP contribution in [0.3, 0.4) is 0 Å². The summed E-state index contributed by atoms with van der Waals surface area (Å²) in [7, 11) is 0. The Kier molecular flexibility index (Phi) is 2.13. The maximum absolute atomic E-state index is 12.5. The fourth-order valence-electron chi connectivity index (χ4n) is 1.88. The minimum atomic E-state index is -4.43. The molecule has 0 saturated carbocycles. The van der Waals surface area contributed by atoms with E-state index in [0.717, 1.165) is 12.1 Å². The molecule has 8 heteroatoms. The SMILES string of the molecule is O=C(O)c1cn2c(nc3cc(C(F)(F)F)ccc32)[nH]1. The molecule has 0 aliphatic rings. The molecule has 0 aliphatic heterocycles. The van der Waals surface area contributed by atoms with Crippen LogP contribution in [0.5, 0.6) is 0 Å². The van der Waals surface area contributed by atoms with Gasteiger partial charge >= 0.3 is 12.1 Å². The van der Waals surface area contributed by atoms with Gasteiger partial charge in [0, 0.05) is 6.20 Å². The second kappa shape index (κ2) is 3.50. The third-order valence-electron chi connectivity index (χ3n) is 2.75. The molecule has 3 rings (SSSR count). The zero-order chi connectivity index (χ0) is 13.8. The molecule has 2 N–H and O–H groups in total. The highest BCUT2D eigenvalue weighted by atomic mass is 19.4. The highest BCUT2D eigenvalue weighted by Crippen LogP contribution is 2.31. The predicted molar refractivity (Wildman–Crippen MR) is 59.0 cm³/mol. The summed E-state index contributed by atoms with van der Waals surface area (Å²) in [5.41, 5.74) is -0.312. The number of nitrogens with zero attached hydrogens (tertiary/aromatic N) is 2. The van der Waals surface area contributed by atoms with Crippen LogP contribution in [0.2, 0.25) is 0 Å². The lowest BCUT2D eigenvalue weighted by Gasteiger charge is -2.05. The Hall–Kier alpha value is -2.51. The summed E-state index contributed by atoms with van der Waals surface area (Å²) < 4.78 is 39.0. The summed E-state index contributed by atoms with van der Waals surface area (Å²) in [6.45, 7) is 0. The molecule has 0 aliphatic carbocycles. The van der Waals surface area contributed by atoms with Gasteiger partial charge in [0.2, 0.25) is 5.78 Å². The molecule has 1 aromatic carbocycles. The quantitative estimate of drug-likeness (QED) is 0.713. The highest BCUT2D eigenvalue weighted by Gasteiger charge is 2.31. The lowest BCUT2D eigenvalue weighted by molar-refractivity contribution is -0.137. The second-order valence-electron chi connectivity index (χ2n) is 3.98. The van der Waals surface area contributed by atoms with E-state index in [9.17, 15) is 18.0 Å². The standard InChI is InChI=1S/C11H6F3N3O2/c12-11(13,14)5-1-2-8-6(3-5)15-10-16-7(9(18)19)4-17(8)10/h1-4H,(H,15,16)(H,18,19). The maximum atomic E-state index is 12.5. The molecule has 19 heavy (non-hydrogen) atoms. The van der Waals surface area contributed by atoms with Gasteiger partial charge in [-0.25, -0.2) is 9.78 Å². The fourth-order valence-corrected chi connectivity index (χ4v) is 1.88. The Labute approximate surface area is 103 Å². The molecule has 0 bridgehead atoms. The van der Waals surface area contributed by atoms with Crippen LogP contribution in [0, 0.1) is 0 Å². The monoisotopic (exact) mass is 269 g/mol.